The molecular formula is C16H22N2O2. The largest absolute Gasteiger partial charge is 0.497 e. The summed E-state index contributed by atoms with van der Waals surface area (Å²) in [5.74, 6) is 2.71. The summed E-state index contributed by atoms with van der Waals surface area (Å²) in [5.41, 5.74) is 8.00. The third-order valence-corrected chi connectivity index (χ3v) is 3.29. The Balaban J connectivity index is 1.95. The van der Waals surface area contributed by atoms with Crippen molar-refractivity contribution >= 4 is 0 Å². The van der Waals surface area contributed by atoms with Crippen molar-refractivity contribution in [1.82, 2.24) is 4.90 Å². The Morgan fingerprint density at radius 3 is 2.45 bits per heavy atom. The second kappa shape index (κ2) is 6.59. The van der Waals surface area contributed by atoms with Crippen molar-refractivity contribution in [2.45, 2.75) is 26.6 Å². The number of nitrogens with zero attached hydrogens (tertiary/aromatic N) is 1. The molecule has 0 spiro atoms. The Morgan fingerprint density at radius 2 is 1.90 bits per heavy atom. The number of nitrogens with two attached hydrogens (primary N) is 1. The quantitative estimate of drug-likeness (QED) is 0.880. The van der Waals surface area contributed by atoms with Gasteiger partial charge in [0.2, 0.25) is 0 Å². The van der Waals surface area contributed by atoms with E-state index < -0.39 is 0 Å². The Kier molecular flexibility index (Phi) is 4.82. The monoisotopic (exact) mass is 274 g/mol. The molecule has 1 aromatic heterocycles. The van der Waals surface area contributed by atoms with E-state index in [1.807, 2.05) is 19.1 Å². The number of hydrogen-bond donors (Lipinski definition) is 1. The van der Waals surface area contributed by atoms with E-state index in [-0.39, 0.29) is 0 Å². The number of benzene rings is 1. The fourth-order valence-electron chi connectivity index (χ4n) is 2.24. The summed E-state index contributed by atoms with van der Waals surface area (Å²) in [6.07, 6.45) is 0. The van der Waals surface area contributed by atoms with E-state index in [0.29, 0.717) is 6.54 Å². The van der Waals surface area contributed by atoms with Gasteiger partial charge in [-0.15, -0.1) is 0 Å². The second-order valence-corrected chi connectivity index (χ2v) is 5.04. The maximum atomic E-state index is 5.72. The predicted octanol–water partition coefficient (Wildman–Crippen LogP) is 2.69. The molecule has 4 heteroatoms. The molecule has 0 aliphatic rings. The van der Waals surface area contributed by atoms with E-state index in [2.05, 4.69) is 30.1 Å². The number of hydrogen-bond acceptors (Lipinski definition) is 4. The number of methoxy groups -OCH3 is 1. The molecule has 4 nitrogen and oxygen atoms in total. The summed E-state index contributed by atoms with van der Waals surface area (Å²) < 4.78 is 10.9. The number of aryl methyl sites for hydroxylation is 1. The highest BCUT2D eigenvalue weighted by molar-refractivity contribution is 5.27. The van der Waals surface area contributed by atoms with Gasteiger partial charge in [-0.25, -0.2) is 0 Å². The molecule has 108 valence electrons. The van der Waals surface area contributed by atoms with Gasteiger partial charge in [0.25, 0.3) is 0 Å². The Hall–Kier alpha value is -1.78. The lowest BCUT2D eigenvalue weighted by molar-refractivity contribution is 0.283. The summed E-state index contributed by atoms with van der Waals surface area (Å²) in [7, 11) is 3.75. The maximum absolute atomic E-state index is 5.72. The topological polar surface area (TPSA) is 51.6 Å². The molecule has 2 N–H and O–H groups in total. The molecule has 0 unspecified atom stereocenters. The first-order chi connectivity index (χ1) is 9.62. The molecule has 0 aliphatic carbocycles. The minimum Gasteiger partial charge on any atom is -0.497 e. The molecule has 0 bridgehead atoms. The molecule has 0 radical (unpaired) electrons. The Labute approximate surface area is 120 Å². The second-order valence-electron chi connectivity index (χ2n) is 5.04. The van der Waals surface area contributed by atoms with Gasteiger partial charge in [0, 0.05) is 6.54 Å². The van der Waals surface area contributed by atoms with Gasteiger partial charge >= 0.3 is 0 Å². The van der Waals surface area contributed by atoms with Crippen LogP contribution in [0.2, 0.25) is 0 Å². The summed E-state index contributed by atoms with van der Waals surface area (Å²) in [6.45, 7) is 4.11. The fraction of sp³-hybridized carbons (Fsp3) is 0.375. The number of rotatable bonds is 6. The van der Waals surface area contributed by atoms with Crippen molar-refractivity contribution in [2.75, 3.05) is 14.2 Å². The number of furan rings is 1. The molecule has 0 fully saturated rings. The highest BCUT2D eigenvalue weighted by Crippen LogP contribution is 2.17. The highest BCUT2D eigenvalue weighted by Gasteiger charge is 2.09. The van der Waals surface area contributed by atoms with Crippen molar-refractivity contribution in [1.29, 1.82) is 0 Å². The van der Waals surface area contributed by atoms with Gasteiger partial charge in [-0.3, -0.25) is 4.90 Å². The van der Waals surface area contributed by atoms with E-state index in [0.717, 1.165) is 35.9 Å². The predicted molar refractivity (Wildman–Crippen MR) is 79.5 cm³/mol. The van der Waals surface area contributed by atoms with Crippen molar-refractivity contribution in [3.63, 3.8) is 0 Å². The van der Waals surface area contributed by atoms with Gasteiger partial charge in [0.15, 0.2) is 0 Å². The van der Waals surface area contributed by atoms with Crippen LogP contribution in [-0.2, 0) is 19.6 Å². The van der Waals surface area contributed by atoms with Crippen molar-refractivity contribution in [2.24, 2.45) is 5.73 Å². The van der Waals surface area contributed by atoms with Crippen molar-refractivity contribution in [3.05, 3.63) is 53.0 Å². The summed E-state index contributed by atoms with van der Waals surface area (Å²) in [5, 5.41) is 0. The molecule has 0 amide bonds. The standard InChI is InChI=1S/C16H22N2O2/c1-12-8-15(20-16(12)9-17)11-18(2)10-13-4-6-14(19-3)7-5-13/h4-8H,9-11,17H2,1-3H3. The zero-order chi connectivity index (χ0) is 14.5. The van der Waals surface area contributed by atoms with E-state index in [4.69, 9.17) is 14.9 Å². The molecule has 0 saturated heterocycles. The maximum Gasteiger partial charge on any atom is 0.120 e. The average molecular weight is 274 g/mol. The zero-order valence-electron chi connectivity index (χ0n) is 12.3. The van der Waals surface area contributed by atoms with Crippen molar-refractivity contribution in [3.8, 4) is 5.75 Å². The fourth-order valence-corrected chi connectivity index (χ4v) is 2.24. The molecule has 20 heavy (non-hydrogen) atoms. The van der Waals surface area contributed by atoms with Gasteiger partial charge in [-0.05, 0) is 43.3 Å². The van der Waals surface area contributed by atoms with Crippen LogP contribution in [0.5, 0.6) is 5.75 Å². The lowest BCUT2D eigenvalue weighted by Crippen LogP contribution is -2.16. The van der Waals surface area contributed by atoms with E-state index >= 15 is 0 Å². The minimum atomic E-state index is 0.452. The van der Waals surface area contributed by atoms with Gasteiger partial charge in [0.1, 0.15) is 17.3 Å². The first-order valence-corrected chi connectivity index (χ1v) is 6.72. The van der Waals surface area contributed by atoms with Crippen LogP contribution in [0.1, 0.15) is 22.6 Å². The van der Waals surface area contributed by atoms with E-state index in [1.54, 1.807) is 7.11 Å². The first-order valence-electron chi connectivity index (χ1n) is 6.72. The lowest BCUT2D eigenvalue weighted by Gasteiger charge is -2.15. The van der Waals surface area contributed by atoms with Gasteiger partial charge < -0.3 is 14.9 Å². The molecule has 2 rings (SSSR count). The minimum absolute atomic E-state index is 0.452. The SMILES string of the molecule is COc1ccc(CN(C)Cc2cc(C)c(CN)o2)cc1. The summed E-state index contributed by atoms with van der Waals surface area (Å²) >= 11 is 0. The number of ether oxygens (including phenoxy) is 1. The van der Waals surface area contributed by atoms with Crippen LogP contribution in [0.3, 0.4) is 0 Å². The summed E-state index contributed by atoms with van der Waals surface area (Å²) in [4.78, 5) is 2.21. The zero-order valence-corrected chi connectivity index (χ0v) is 12.3. The van der Waals surface area contributed by atoms with Crippen LogP contribution in [0, 0.1) is 6.92 Å². The molecule has 1 aromatic carbocycles. The first kappa shape index (κ1) is 14.6. The lowest BCUT2D eigenvalue weighted by atomic mass is 10.2. The van der Waals surface area contributed by atoms with Crippen LogP contribution in [0.15, 0.2) is 34.7 Å². The van der Waals surface area contributed by atoms with Crippen LogP contribution < -0.4 is 10.5 Å². The van der Waals surface area contributed by atoms with Gasteiger partial charge in [0.05, 0.1) is 20.2 Å². The Morgan fingerprint density at radius 1 is 1.20 bits per heavy atom. The molecule has 0 atom stereocenters. The van der Waals surface area contributed by atoms with E-state index in [1.165, 1.54) is 5.56 Å². The van der Waals surface area contributed by atoms with Crippen LogP contribution in [0.4, 0.5) is 0 Å². The molecule has 0 aliphatic heterocycles. The van der Waals surface area contributed by atoms with E-state index in [9.17, 15) is 0 Å². The van der Waals surface area contributed by atoms with Crippen molar-refractivity contribution < 1.29 is 9.15 Å². The van der Waals surface area contributed by atoms with Gasteiger partial charge in [-0.2, -0.15) is 0 Å². The highest BCUT2D eigenvalue weighted by atomic mass is 16.5. The molecule has 1 heterocycles. The van der Waals surface area contributed by atoms with Crippen LogP contribution in [0.25, 0.3) is 0 Å². The molecule has 2 aromatic rings. The third-order valence-electron chi connectivity index (χ3n) is 3.29. The molecular weight excluding hydrogens is 252 g/mol. The smallest absolute Gasteiger partial charge is 0.120 e. The van der Waals surface area contributed by atoms with Crippen LogP contribution in [-0.4, -0.2) is 19.1 Å². The third kappa shape index (κ3) is 3.62. The average Bonchev–Trinajstić information content (AvgIpc) is 2.79. The Bertz CT molecular complexity index is 546. The normalized spacial score (nSPS) is 11.1. The summed E-state index contributed by atoms with van der Waals surface area (Å²) in [6, 6.07) is 10.2. The van der Waals surface area contributed by atoms with Gasteiger partial charge in [-0.1, -0.05) is 12.1 Å². The molecule has 0 saturated carbocycles. The van der Waals surface area contributed by atoms with Crippen LogP contribution >= 0.6 is 0 Å².